The molecule has 0 aliphatic carbocycles. The van der Waals surface area contributed by atoms with Gasteiger partial charge in [0.2, 0.25) is 0 Å². The van der Waals surface area contributed by atoms with E-state index in [2.05, 4.69) is 0 Å². The lowest BCUT2D eigenvalue weighted by Crippen LogP contribution is -2.35. The number of halogens is 2. The van der Waals surface area contributed by atoms with Crippen molar-refractivity contribution < 1.29 is 13.9 Å². The molecule has 0 unspecified atom stereocenters. The maximum Gasteiger partial charge on any atom is 0.160 e. The average molecular weight is 213 g/mol. The topological polar surface area (TPSA) is 23.5 Å². The summed E-state index contributed by atoms with van der Waals surface area (Å²) in [6, 6.07) is 3.90. The van der Waals surface area contributed by atoms with Crippen molar-refractivity contribution in [3.05, 3.63) is 29.8 Å². The van der Waals surface area contributed by atoms with E-state index < -0.39 is 11.6 Å². The Kier molecular flexibility index (Phi) is 2.86. The largest absolute Gasteiger partial charge is 0.393 e. The van der Waals surface area contributed by atoms with Crippen molar-refractivity contribution in [2.24, 2.45) is 0 Å². The highest BCUT2D eigenvalue weighted by Crippen LogP contribution is 2.21. The highest BCUT2D eigenvalue weighted by molar-refractivity contribution is 5.47. The molecule has 1 aliphatic heterocycles. The van der Waals surface area contributed by atoms with Gasteiger partial charge in [0.05, 0.1) is 6.10 Å². The van der Waals surface area contributed by atoms with Gasteiger partial charge < -0.3 is 10.0 Å². The lowest BCUT2D eigenvalue weighted by Gasteiger charge is -2.31. The number of aliphatic hydroxyl groups is 1. The molecule has 1 fully saturated rings. The van der Waals surface area contributed by atoms with Crippen LogP contribution >= 0.6 is 0 Å². The minimum atomic E-state index is -0.823. The summed E-state index contributed by atoms with van der Waals surface area (Å²) in [5.41, 5.74) is 0.681. The molecule has 1 heterocycles. The molecule has 0 bridgehead atoms. The maximum atomic E-state index is 13.0. The molecule has 0 radical (unpaired) electrons. The van der Waals surface area contributed by atoms with E-state index in [4.69, 9.17) is 0 Å². The van der Waals surface area contributed by atoms with Crippen molar-refractivity contribution >= 4 is 5.69 Å². The number of piperidine rings is 1. The molecular formula is C11H13F2NO. The van der Waals surface area contributed by atoms with Crippen LogP contribution in [-0.4, -0.2) is 24.3 Å². The summed E-state index contributed by atoms with van der Waals surface area (Å²) < 4.78 is 25.7. The minimum Gasteiger partial charge on any atom is -0.393 e. The van der Waals surface area contributed by atoms with Gasteiger partial charge in [0.25, 0.3) is 0 Å². The first kappa shape index (κ1) is 10.4. The van der Waals surface area contributed by atoms with Gasteiger partial charge in [-0.1, -0.05) is 0 Å². The summed E-state index contributed by atoms with van der Waals surface area (Å²) in [6.07, 6.45) is 1.10. The molecule has 1 aliphatic rings. The number of anilines is 1. The second kappa shape index (κ2) is 4.14. The fraction of sp³-hybridized carbons (Fsp3) is 0.455. The number of rotatable bonds is 1. The monoisotopic (exact) mass is 213 g/mol. The quantitative estimate of drug-likeness (QED) is 0.770. The maximum absolute atomic E-state index is 13.0. The summed E-state index contributed by atoms with van der Waals surface area (Å²) in [5, 5.41) is 9.31. The van der Waals surface area contributed by atoms with E-state index in [1.165, 1.54) is 6.07 Å². The van der Waals surface area contributed by atoms with E-state index in [1.807, 2.05) is 4.90 Å². The first-order chi connectivity index (χ1) is 7.16. The summed E-state index contributed by atoms with van der Waals surface area (Å²) in [7, 11) is 0. The average Bonchev–Trinajstić information content (AvgIpc) is 2.23. The van der Waals surface area contributed by atoms with Crippen molar-refractivity contribution in [2.45, 2.75) is 18.9 Å². The van der Waals surface area contributed by atoms with Crippen LogP contribution < -0.4 is 4.90 Å². The number of hydrogen-bond acceptors (Lipinski definition) is 2. The third-order valence-electron chi connectivity index (χ3n) is 2.73. The van der Waals surface area contributed by atoms with E-state index in [0.29, 0.717) is 31.6 Å². The Bertz CT molecular complexity index is 348. The van der Waals surface area contributed by atoms with Gasteiger partial charge in [-0.25, -0.2) is 8.78 Å². The Labute approximate surface area is 87.1 Å². The molecule has 1 aromatic rings. The molecule has 2 nitrogen and oxygen atoms in total. The van der Waals surface area contributed by atoms with Crippen LogP contribution in [0.1, 0.15) is 12.8 Å². The number of hydrogen-bond donors (Lipinski definition) is 1. The first-order valence-electron chi connectivity index (χ1n) is 5.05. The molecule has 4 heteroatoms. The van der Waals surface area contributed by atoms with Gasteiger partial charge >= 0.3 is 0 Å². The van der Waals surface area contributed by atoms with E-state index in [0.717, 1.165) is 6.07 Å². The molecule has 15 heavy (non-hydrogen) atoms. The van der Waals surface area contributed by atoms with Crippen LogP contribution in [0, 0.1) is 11.6 Å². The lowest BCUT2D eigenvalue weighted by molar-refractivity contribution is 0.145. The van der Waals surface area contributed by atoms with Gasteiger partial charge in [0, 0.05) is 24.8 Å². The van der Waals surface area contributed by atoms with Crippen LogP contribution in [0.4, 0.5) is 14.5 Å². The van der Waals surface area contributed by atoms with Crippen molar-refractivity contribution in [3.8, 4) is 0 Å². The zero-order chi connectivity index (χ0) is 10.8. The van der Waals surface area contributed by atoms with E-state index in [-0.39, 0.29) is 6.10 Å². The Balaban J connectivity index is 2.12. The fourth-order valence-electron chi connectivity index (χ4n) is 1.81. The molecule has 0 atom stereocenters. The zero-order valence-electron chi connectivity index (χ0n) is 8.29. The predicted octanol–water partition coefficient (Wildman–Crippen LogP) is 1.93. The molecule has 0 amide bonds. The van der Waals surface area contributed by atoms with Gasteiger partial charge in [-0.05, 0) is 25.0 Å². The second-order valence-corrected chi connectivity index (χ2v) is 3.82. The number of benzene rings is 1. The Morgan fingerprint density at radius 1 is 1.13 bits per heavy atom. The van der Waals surface area contributed by atoms with E-state index >= 15 is 0 Å². The molecule has 0 aromatic heterocycles. The standard InChI is InChI=1S/C11H13F2NO/c12-10-2-1-8(7-11(10)13)14-5-3-9(15)4-6-14/h1-2,7,9,15H,3-6H2. The van der Waals surface area contributed by atoms with Crippen molar-refractivity contribution in [2.75, 3.05) is 18.0 Å². The van der Waals surface area contributed by atoms with Gasteiger partial charge in [-0.15, -0.1) is 0 Å². The summed E-state index contributed by atoms with van der Waals surface area (Å²) in [4.78, 5) is 1.95. The Morgan fingerprint density at radius 2 is 1.80 bits per heavy atom. The van der Waals surface area contributed by atoms with Crippen LogP contribution in [0.2, 0.25) is 0 Å². The van der Waals surface area contributed by atoms with Gasteiger partial charge in [0.1, 0.15) is 0 Å². The predicted molar refractivity (Wildman–Crippen MR) is 53.8 cm³/mol. The van der Waals surface area contributed by atoms with Crippen molar-refractivity contribution in [3.63, 3.8) is 0 Å². The normalized spacial score (nSPS) is 18.2. The third kappa shape index (κ3) is 2.26. The van der Waals surface area contributed by atoms with E-state index in [9.17, 15) is 13.9 Å². The molecule has 1 aromatic carbocycles. The smallest absolute Gasteiger partial charge is 0.160 e. The van der Waals surface area contributed by atoms with Crippen molar-refractivity contribution in [1.29, 1.82) is 0 Å². The molecule has 2 rings (SSSR count). The molecule has 0 spiro atoms. The first-order valence-corrected chi connectivity index (χ1v) is 5.05. The number of nitrogens with zero attached hydrogens (tertiary/aromatic N) is 1. The van der Waals surface area contributed by atoms with Crippen LogP contribution in [0.15, 0.2) is 18.2 Å². The highest BCUT2D eigenvalue weighted by Gasteiger charge is 2.17. The van der Waals surface area contributed by atoms with Crippen molar-refractivity contribution in [1.82, 2.24) is 0 Å². The second-order valence-electron chi connectivity index (χ2n) is 3.82. The molecule has 1 saturated heterocycles. The molecule has 82 valence electrons. The SMILES string of the molecule is OC1CCN(c2ccc(F)c(F)c2)CC1. The van der Waals surface area contributed by atoms with Gasteiger partial charge in [-0.2, -0.15) is 0 Å². The van der Waals surface area contributed by atoms with Crippen LogP contribution in [0.3, 0.4) is 0 Å². The summed E-state index contributed by atoms with van der Waals surface area (Å²) in [6.45, 7) is 1.37. The minimum absolute atomic E-state index is 0.258. The summed E-state index contributed by atoms with van der Waals surface area (Å²) in [5.74, 6) is -1.64. The van der Waals surface area contributed by atoms with Crippen LogP contribution in [0.25, 0.3) is 0 Å². The van der Waals surface area contributed by atoms with Crippen LogP contribution in [-0.2, 0) is 0 Å². The summed E-state index contributed by atoms with van der Waals surface area (Å²) >= 11 is 0. The fourth-order valence-corrected chi connectivity index (χ4v) is 1.81. The number of aliphatic hydroxyl groups excluding tert-OH is 1. The zero-order valence-corrected chi connectivity index (χ0v) is 8.29. The molecule has 0 saturated carbocycles. The van der Waals surface area contributed by atoms with E-state index in [1.54, 1.807) is 6.07 Å². The van der Waals surface area contributed by atoms with Crippen LogP contribution in [0.5, 0.6) is 0 Å². The Hall–Kier alpha value is -1.16. The third-order valence-corrected chi connectivity index (χ3v) is 2.73. The molecule has 1 N–H and O–H groups in total. The Morgan fingerprint density at radius 3 is 2.40 bits per heavy atom. The lowest BCUT2D eigenvalue weighted by atomic mass is 10.1. The van der Waals surface area contributed by atoms with Gasteiger partial charge in [-0.3, -0.25) is 0 Å². The van der Waals surface area contributed by atoms with Gasteiger partial charge in [0.15, 0.2) is 11.6 Å². The molecular weight excluding hydrogens is 200 g/mol. The highest BCUT2D eigenvalue weighted by atomic mass is 19.2.